The summed E-state index contributed by atoms with van der Waals surface area (Å²) in [5.41, 5.74) is 5.61. The maximum absolute atomic E-state index is 13.6. The van der Waals surface area contributed by atoms with Crippen LogP contribution in [-0.2, 0) is 6.54 Å². The van der Waals surface area contributed by atoms with Crippen molar-refractivity contribution in [2.24, 2.45) is 0 Å². The lowest BCUT2D eigenvalue weighted by atomic mass is 10.0. The molecular weight excluding hydrogens is 384 g/mol. The first-order valence-electron chi connectivity index (χ1n) is 9.95. The van der Waals surface area contributed by atoms with Crippen LogP contribution in [-0.4, -0.2) is 45.4 Å². The van der Waals surface area contributed by atoms with Crippen LogP contribution in [0.5, 0.6) is 0 Å². The second kappa shape index (κ2) is 7.93. The molecule has 1 atom stereocenters. The largest absolute Gasteiger partial charge is 0.294 e. The number of benzene rings is 1. The van der Waals surface area contributed by atoms with Crippen molar-refractivity contribution in [2.75, 3.05) is 19.6 Å². The Labute approximate surface area is 173 Å². The van der Waals surface area contributed by atoms with E-state index in [2.05, 4.69) is 21.3 Å². The third kappa shape index (κ3) is 3.69. The van der Waals surface area contributed by atoms with Gasteiger partial charge in [0.05, 0.1) is 5.52 Å². The zero-order chi connectivity index (χ0) is 20.5. The maximum Gasteiger partial charge on any atom is 0.164 e. The summed E-state index contributed by atoms with van der Waals surface area (Å²) in [7, 11) is 0. The molecule has 5 nitrogen and oxygen atoms in total. The molecule has 1 saturated heterocycles. The summed E-state index contributed by atoms with van der Waals surface area (Å²) in [5, 5.41) is 7.65. The molecule has 4 heterocycles. The van der Waals surface area contributed by atoms with Crippen LogP contribution in [0.1, 0.15) is 5.56 Å². The molecule has 1 fully saturated rings. The maximum atomic E-state index is 13.6. The Bertz CT molecular complexity index is 1160. The van der Waals surface area contributed by atoms with E-state index in [0.29, 0.717) is 19.6 Å². The average Bonchev–Trinajstić information content (AvgIpc) is 3.13. The van der Waals surface area contributed by atoms with Gasteiger partial charge in [-0.05, 0) is 53.6 Å². The molecule has 0 radical (unpaired) electrons. The van der Waals surface area contributed by atoms with Gasteiger partial charge in [0.15, 0.2) is 6.30 Å². The molecular formula is C23H21F2N5. The number of alkyl halides is 1. The van der Waals surface area contributed by atoms with Gasteiger partial charge in [-0.25, -0.2) is 13.3 Å². The van der Waals surface area contributed by atoms with Crippen LogP contribution in [0.2, 0.25) is 0 Å². The summed E-state index contributed by atoms with van der Waals surface area (Å²) in [6.07, 6.45) is 4.50. The molecule has 1 N–H and O–H groups in total. The molecule has 1 aliphatic heterocycles. The van der Waals surface area contributed by atoms with Gasteiger partial charge in [-0.15, -0.1) is 0 Å². The van der Waals surface area contributed by atoms with Gasteiger partial charge in [-0.2, -0.15) is 5.10 Å². The van der Waals surface area contributed by atoms with Crippen molar-refractivity contribution in [1.29, 1.82) is 0 Å². The zero-order valence-electron chi connectivity index (χ0n) is 16.3. The first-order valence-corrected chi connectivity index (χ1v) is 9.95. The fourth-order valence-corrected chi connectivity index (χ4v) is 3.96. The van der Waals surface area contributed by atoms with Crippen LogP contribution in [0.15, 0.2) is 67.1 Å². The van der Waals surface area contributed by atoms with Crippen molar-refractivity contribution >= 4 is 5.52 Å². The molecule has 5 rings (SSSR count). The Kier molecular flexibility index (Phi) is 4.98. The number of piperazine rings is 1. The fourth-order valence-electron chi connectivity index (χ4n) is 3.96. The van der Waals surface area contributed by atoms with Crippen molar-refractivity contribution in [1.82, 2.24) is 24.8 Å². The highest BCUT2D eigenvalue weighted by Crippen LogP contribution is 2.35. The number of rotatable bonds is 4. The SMILES string of the molecule is Fc1ccc(-c2nn3cc(CN4CCN[C@@H](F)C4)ccc3c2-c2ccncc2)cc1. The zero-order valence-corrected chi connectivity index (χ0v) is 16.3. The van der Waals surface area contributed by atoms with E-state index < -0.39 is 6.30 Å². The molecule has 7 heteroatoms. The summed E-state index contributed by atoms with van der Waals surface area (Å²) in [6.45, 7) is 2.49. The number of aromatic nitrogens is 3. The summed E-state index contributed by atoms with van der Waals surface area (Å²) in [4.78, 5) is 6.21. The van der Waals surface area contributed by atoms with Crippen molar-refractivity contribution in [2.45, 2.75) is 12.8 Å². The molecule has 0 saturated carbocycles. The minimum Gasteiger partial charge on any atom is -0.294 e. The third-order valence-corrected chi connectivity index (χ3v) is 5.40. The molecule has 152 valence electrons. The molecule has 0 amide bonds. The molecule has 4 aromatic rings. The van der Waals surface area contributed by atoms with Gasteiger partial charge in [0.1, 0.15) is 11.5 Å². The molecule has 0 unspecified atom stereocenters. The summed E-state index contributed by atoms with van der Waals surface area (Å²) >= 11 is 0. The minimum atomic E-state index is -0.990. The van der Waals surface area contributed by atoms with E-state index in [1.54, 1.807) is 24.5 Å². The molecule has 1 aliphatic rings. The first kappa shape index (κ1) is 18.8. The highest BCUT2D eigenvalue weighted by molar-refractivity contribution is 5.92. The molecule has 1 aromatic carbocycles. The van der Waals surface area contributed by atoms with Crippen LogP contribution < -0.4 is 5.32 Å². The number of pyridine rings is 2. The van der Waals surface area contributed by atoms with Gasteiger partial charge in [-0.1, -0.05) is 6.07 Å². The highest BCUT2D eigenvalue weighted by atomic mass is 19.1. The van der Waals surface area contributed by atoms with E-state index in [9.17, 15) is 8.78 Å². The molecule has 0 aliphatic carbocycles. The van der Waals surface area contributed by atoms with Crippen molar-refractivity contribution in [3.05, 3.63) is 78.5 Å². The number of hydrogen-bond acceptors (Lipinski definition) is 4. The van der Waals surface area contributed by atoms with Gasteiger partial charge in [-0.3, -0.25) is 15.2 Å². The van der Waals surface area contributed by atoms with E-state index in [1.807, 2.05) is 28.9 Å². The topological polar surface area (TPSA) is 45.5 Å². The number of fused-ring (bicyclic) bond motifs is 1. The second-order valence-corrected chi connectivity index (χ2v) is 7.49. The van der Waals surface area contributed by atoms with Crippen LogP contribution in [0, 0.1) is 5.82 Å². The van der Waals surface area contributed by atoms with Crippen molar-refractivity contribution in [3.8, 4) is 22.4 Å². The summed E-state index contributed by atoms with van der Waals surface area (Å²) < 4.78 is 29.0. The van der Waals surface area contributed by atoms with Crippen LogP contribution in [0.4, 0.5) is 8.78 Å². The second-order valence-electron chi connectivity index (χ2n) is 7.49. The highest BCUT2D eigenvalue weighted by Gasteiger charge is 2.20. The Hall–Kier alpha value is -3.16. The molecule has 0 bridgehead atoms. The van der Waals surface area contributed by atoms with E-state index in [1.165, 1.54) is 12.1 Å². The summed E-state index contributed by atoms with van der Waals surface area (Å²) in [6, 6.07) is 14.4. The van der Waals surface area contributed by atoms with Crippen molar-refractivity contribution in [3.63, 3.8) is 0 Å². The number of halogens is 2. The predicted octanol–water partition coefficient (Wildman–Crippen LogP) is 3.90. The third-order valence-electron chi connectivity index (χ3n) is 5.40. The smallest absolute Gasteiger partial charge is 0.164 e. The molecule has 0 spiro atoms. The van der Waals surface area contributed by atoms with E-state index in [4.69, 9.17) is 5.10 Å². The number of nitrogens with one attached hydrogen (secondary N) is 1. The normalized spacial score (nSPS) is 17.5. The first-order chi connectivity index (χ1) is 14.7. The van der Waals surface area contributed by atoms with Crippen LogP contribution >= 0.6 is 0 Å². The van der Waals surface area contributed by atoms with Gasteiger partial charge in [0.2, 0.25) is 0 Å². The van der Waals surface area contributed by atoms with Gasteiger partial charge in [0, 0.05) is 55.9 Å². The van der Waals surface area contributed by atoms with Gasteiger partial charge >= 0.3 is 0 Å². The lowest BCUT2D eigenvalue weighted by Gasteiger charge is -2.29. The Balaban J connectivity index is 1.58. The van der Waals surface area contributed by atoms with Crippen LogP contribution in [0.25, 0.3) is 27.9 Å². The molecule has 3 aromatic heterocycles. The quantitative estimate of drug-likeness (QED) is 0.523. The predicted molar refractivity (Wildman–Crippen MR) is 112 cm³/mol. The number of hydrogen-bond donors (Lipinski definition) is 1. The Morgan fingerprint density at radius 3 is 2.57 bits per heavy atom. The Morgan fingerprint density at radius 2 is 1.80 bits per heavy atom. The van der Waals surface area contributed by atoms with Gasteiger partial charge in [0.25, 0.3) is 0 Å². The van der Waals surface area contributed by atoms with E-state index in [-0.39, 0.29) is 5.82 Å². The fraction of sp³-hybridized carbons (Fsp3) is 0.217. The van der Waals surface area contributed by atoms with E-state index in [0.717, 1.165) is 40.0 Å². The van der Waals surface area contributed by atoms with Gasteiger partial charge < -0.3 is 0 Å². The monoisotopic (exact) mass is 405 g/mol. The molecule has 30 heavy (non-hydrogen) atoms. The lowest BCUT2D eigenvalue weighted by molar-refractivity contribution is 0.119. The minimum absolute atomic E-state index is 0.280. The number of nitrogens with zero attached hydrogens (tertiary/aromatic N) is 4. The lowest BCUT2D eigenvalue weighted by Crippen LogP contribution is -2.48. The average molecular weight is 405 g/mol. The summed E-state index contributed by atoms with van der Waals surface area (Å²) in [5.74, 6) is -0.280. The van der Waals surface area contributed by atoms with Crippen molar-refractivity contribution < 1.29 is 8.78 Å². The van der Waals surface area contributed by atoms with E-state index >= 15 is 0 Å². The Morgan fingerprint density at radius 1 is 1.00 bits per heavy atom. The standard InChI is InChI=1S/C23H21F2N5/c24-19-4-2-18(3-5-19)23-22(17-7-9-26-10-8-17)20-6-1-16(14-30(20)28-23)13-29-12-11-27-21(25)15-29/h1-10,14,21,27H,11-13,15H2/t21-/m1/s1. The van der Waals surface area contributed by atoms with Crippen LogP contribution in [0.3, 0.4) is 0 Å².